The van der Waals surface area contributed by atoms with Gasteiger partial charge in [-0.1, -0.05) is 12.1 Å². The van der Waals surface area contributed by atoms with Crippen LogP contribution >= 0.6 is 22.7 Å². The second-order valence-electron chi connectivity index (χ2n) is 6.29. The van der Waals surface area contributed by atoms with Crippen LogP contribution in [0.4, 0.5) is 5.69 Å². The third-order valence-electron chi connectivity index (χ3n) is 4.45. The lowest BCUT2D eigenvalue weighted by Gasteiger charge is -2.28. The third-order valence-corrected chi connectivity index (χ3v) is 7.42. The van der Waals surface area contributed by atoms with E-state index in [9.17, 15) is 13.2 Å². The molecule has 0 fully saturated rings. The molecule has 0 saturated heterocycles. The van der Waals surface area contributed by atoms with Gasteiger partial charge >= 0.3 is 0 Å². The minimum absolute atomic E-state index is 0.201. The van der Waals surface area contributed by atoms with Crippen molar-refractivity contribution >= 4 is 44.3 Å². The van der Waals surface area contributed by atoms with Gasteiger partial charge in [-0.25, -0.2) is 13.4 Å². The van der Waals surface area contributed by atoms with E-state index in [0.717, 1.165) is 27.4 Å². The Labute approximate surface area is 165 Å². The zero-order chi connectivity index (χ0) is 19.0. The fraction of sp³-hybridized carbons (Fsp3) is 0.222. The first-order valence-corrected chi connectivity index (χ1v) is 11.9. The molecule has 9 heteroatoms. The molecule has 0 aliphatic carbocycles. The first-order valence-electron chi connectivity index (χ1n) is 8.27. The first kappa shape index (κ1) is 18.3. The number of thiazole rings is 1. The molecule has 0 spiro atoms. The second kappa shape index (κ2) is 7.16. The number of nitrogens with zero attached hydrogens (tertiary/aromatic N) is 2. The van der Waals surface area contributed by atoms with Crippen molar-refractivity contribution in [3.8, 4) is 10.6 Å². The number of carbonyl (C=O) groups is 1. The third kappa shape index (κ3) is 3.81. The van der Waals surface area contributed by atoms with Crippen LogP contribution in [0.5, 0.6) is 0 Å². The molecule has 1 aliphatic rings. The fourth-order valence-corrected chi connectivity index (χ4v) is 5.39. The molecule has 0 bridgehead atoms. The standard InChI is InChI=1S/C18H17N3O3S3/c1-27(23,24)21-7-5-14-12(10-21)3-2-4-15(14)20-17(22)16-9-19-18(26-16)13-6-8-25-11-13/h2-4,6,8-9,11H,5,7,10H2,1H3,(H,20,22). The van der Waals surface area contributed by atoms with E-state index in [1.54, 1.807) is 17.5 Å². The van der Waals surface area contributed by atoms with Crippen molar-refractivity contribution < 1.29 is 13.2 Å². The molecule has 0 atom stereocenters. The van der Waals surface area contributed by atoms with Crippen molar-refractivity contribution in [2.24, 2.45) is 0 Å². The number of amides is 1. The minimum Gasteiger partial charge on any atom is -0.321 e. The maximum atomic E-state index is 12.7. The van der Waals surface area contributed by atoms with Gasteiger partial charge in [-0.15, -0.1) is 11.3 Å². The van der Waals surface area contributed by atoms with Crippen LogP contribution in [0.1, 0.15) is 20.8 Å². The molecule has 2 aromatic heterocycles. The average molecular weight is 420 g/mol. The Morgan fingerprint density at radius 1 is 1.30 bits per heavy atom. The van der Waals surface area contributed by atoms with E-state index in [1.165, 1.54) is 21.9 Å². The molecule has 1 amide bonds. The number of carbonyl (C=O) groups excluding carboxylic acids is 1. The van der Waals surface area contributed by atoms with Crippen LogP contribution in [-0.2, 0) is 23.0 Å². The van der Waals surface area contributed by atoms with Crippen molar-refractivity contribution in [2.45, 2.75) is 13.0 Å². The lowest BCUT2D eigenvalue weighted by atomic mass is 9.99. The topological polar surface area (TPSA) is 79.4 Å². The number of rotatable bonds is 4. The number of aromatic nitrogens is 1. The van der Waals surface area contributed by atoms with E-state index in [0.29, 0.717) is 24.4 Å². The summed E-state index contributed by atoms with van der Waals surface area (Å²) in [6.45, 7) is 0.752. The highest BCUT2D eigenvalue weighted by Crippen LogP contribution is 2.30. The van der Waals surface area contributed by atoms with E-state index in [-0.39, 0.29) is 5.91 Å². The van der Waals surface area contributed by atoms with Crippen LogP contribution in [-0.4, -0.2) is 36.4 Å². The Kier molecular flexibility index (Phi) is 4.85. The molecule has 3 heterocycles. The molecule has 0 unspecified atom stereocenters. The van der Waals surface area contributed by atoms with Gasteiger partial charge in [-0.05, 0) is 35.1 Å². The molecule has 27 heavy (non-hydrogen) atoms. The second-order valence-corrected chi connectivity index (χ2v) is 10.1. The van der Waals surface area contributed by atoms with Crippen molar-refractivity contribution in [2.75, 3.05) is 18.1 Å². The molecular weight excluding hydrogens is 402 g/mol. The quantitative estimate of drug-likeness (QED) is 0.703. The number of hydrogen-bond acceptors (Lipinski definition) is 6. The lowest BCUT2D eigenvalue weighted by Crippen LogP contribution is -2.35. The SMILES string of the molecule is CS(=O)(=O)N1CCc2c(cccc2NC(=O)c2cnc(-c3ccsc3)s2)C1. The maximum absolute atomic E-state index is 12.7. The number of anilines is 1. The van der Waals surface area contributed by atoms with Crippen molar-refractivity contribution in [3.05, 3.63) is 57.2 Å². The molecule has 1 aliphatic heterocycles. The van der Waals surface area contributed by atoms with E-state index in [2.05, 4.69) is 10.3 Å². The van der Waals surface area contributed by atoms with Crippen LogP contribution in [0.3, 0.4) is 0 Å². The van der Waals surface area contributed by atoms with Crippen LogP contribution in [0.2, 0.25) is 0 Å². The first-order chi connectivity index (χ1) is 12.9. The Morgan fingerprint density at radius 2 is 2.15 bits per heavy atom. The molecule has 140 valence electrons. The number of sulfonamides is 1. The summed E-state index contributed by atoms with van der Waals surface area (Å²) in [5, 5.41) is 7.76. The van der Waals surface area contributed by atoms with E-state index >= 15 is 0 Å². The monoisotopic (exact) mass is 419 g/mol. The average Bonchev–Trinajstić information content (AvgIpc) is 3.32. The number of thiophene rings is 1. The van der Waals surface area contributed by atoms with Crippen LogP contribution < -0.4 is 5.32 Å². The predicted molar refractivity (Wildman–Crippen MR) is 109 cm³/mol. The number of fused-ring (bicyclic) bond motifs is 1. The predicted octanol–water partition coefficient (Wildman–Crippen LogP) is 3.44. The molecule has 0 radical (unpaired) electrons. The van der Waals surface area contributed by atoms with Gasteiger partial charge in [0.2, 0.25) is 10.0 Å². The minimum atomic E-state index is -3.23. The molecule has 0 saturated carbocycles. The van der Waals surface area contributed by atoms with E-state index < -0.39 is 10.0 Å². The maximum Gasteiger partial charge on any atom is 0.267 e. The Bertz CT molecular complexity index is 1090. The lowest BCUT2D eigenvalue weighted by molar-refractivity contribution is 0.103. The van der Waals surface area contributed by atoms with Gasteiger partial charge in [0.05, 0.1) is 12.5 Å². The van der Waals surface area contributed by atoms with E-state index in [4.69, 9.17) is 0 Å². The largest absolute Gasteiger partial charge is 0.321 e. The summed E-state index contributed by atoms with van der Waals surface area (Å²) in [5.74, 6) is -0.201. The van der Waals surface area contributed by atoms with Crippen LogP contribution in [0, 0.1) is 0 Å². The zero-order valence-corrected chi connectivity index (χ0v) is 17.0. The fourth-order valence-electron chi connectivity index (χ4n) is 3.07. The van der Waals surface area contributed by atoms with Crippen molar-refractivity contribution in [1.29, 1.82) is 0 Å². The summed E-state index contributed by atoms with van der Waals surface area (Å²) in [6.07, 6.45) is 3.38. The highest BCUT2D eigenvalue weighted by Gasteiger charge is 2.25. The Balaban J connectivity index is 1.55. The van der Waals surface area contributed by atoms with Crippen molar-refractivity contribution in [1.82, 2.24) is 9.29 Å². The molecular formula is C18H17N3O3S3. The molecule has 1 aromatic carbocycles. The van der Waals surface area contributed by atoms with Gasteiger partial charge in [-0.3, -0.25) is 4.79 Å². The molecule has 1 N–H and O–H groups in total. The van der Waals surface area contributed by atoms with Gasteiger partial charge in [0.1, 0.15) is 9.88 Å². The summed E-state index contributed by atoms with van der Waals surface area (Å²) in [4.78, 5) is 17.5. The molecule has 3 aromatic rings. The zero-order valence-electron chi connectivity index (χ0n) is 14.5. The summed E-state index contributed by atoms with van der Waals surface area (Å²) in [7, 11) is -3.23. The summed E-state index contributed by atoms with van der Waals surface area (Å²) in [6, 6.07) is 7.58. The van der Waals surface area contributed by atoms with Crippen LogP contribution in [0.15, 0.2) is 41.2 Å². The van der Waals surface area contributed by atoms with Crippen molar-refractivity contribution in [3.63, 3.8) is 0 Å². The summed E-state index contributed by atoms with van der Waals surface area (Å²) in [5.41, 5.74) is 3.67. The van der Waals surface area contributed by atoms with E-state index in [1.807, 2.05) is 35.0 Å². The molecule has 6 nitrogen and oxygen atoms in total. The highest BCUT2D eigenvalue weighted by molar-refractivity contribution is 7.88. The number of nitrogens with one attached hydrogen (secondary N) is 1. The van der Waals surface area contributed by atoms with Gasteiger partial charge in [0.25, 0.3) is 5.91 Å². The Hall–Kier alpha value is -2.07. The highest BCUT2D eigenvalue weighted by atomic mass is 32.2. The number of benzene rings is 1. The van der Waals surface area contributed by atoms with Gasteiger partial charge < -0.3 is 5.32 Å². The van der Waals surface area contributed by atoms with Gasteiger partial charge in [0, 0.05) is 29.7 Å². The Morgan fingerprint density at radius 3 is 2.89 bits per heavy atom. The summed E-state index contributed by atoms with van der Waals surface area (Å²) < 4.78 is 25.0. The number of hydrogen-bond donors (Lipinski definition) is 1. The smallest absolute Gasteiger partial charge is 0.267 e. The van der Waals surface area contributed by atoms with Gasteiger partial charge in [0.15, 0.2) is 0 Å². The molecule has 4 rings (SSSR count). The normalized spacial score (nSPS) is 14.7. The van der Waals surface area contributed by atoms with Gasteiger partial charge in [-0.2, -0.15) is 15.6 Å². The summed E-state index contributed by atoms with van der Waals surface area (Å²) >= 11 is 2.95. The van der Waals surface area contributed by atoms with Crippen LogP contribution in [0.25, 0.3) is 10.6 Å².